The monoisotopic (exact) mass is 315 g/mol. The fourth-order valence-electron chi connectivity index (χ4n) is 3.53. The third-order valence-corrected chi connectivity index (χ3v) is 4.65. The Labute approximate surface area is 133 Å². The lowest BCUT2D eigenvalue weighted by atomic mass is 10.1. The quantitative estimate of drug-likeness (QED) is 0.779. The van der Waals surface area contributed by atoms with Crippen LogP contribution in [-0.4, -0.2) is 35.9 Å². The maximum absolute atomic E-state index is 12.2. The van der Waals surface area contributed by atoms with E-state index in [0.717, 1.165) is 29.3 Å². The lowest BCUT2D eigenvalue weighted by Crippen LogP contribution is -2.25. The Kier molecular flexibility index (Phi) is 2.42. The highest BCUT2D eigenvalue weighted by molar-refractivity contribution is 5.91. The number of nitrogens with zero attached hydrogens (tertiary/aromatic N) is 1. The van der Waals surface area contributed by atoms with Crippen LogP contribution in [0.4, 0.5) is 0 Å². The molecular formula is C17H17NO5. The van der Waals surface area contributed by atoms with Gasteiger partial charge < -0.3 is 23.8 Å². The van der Waals surface area contributed by atoms with Crippen molar-refractivity contribution >= 4 is 5.78 Å². The Bertz CT molecular complexity index is 753. The number of ketones is 1. The van der Waals surface area contributed by atoms with Crippen LogP contribution in [0.25, 0.3) is 0 Å². The number of ether oxygens (including phenoxy) is 4. The van der Waals surface area contributed by atoms with Gasteiger partial charge >= 0.3 is 0 Å². The van der Waals surface area contributed by atoms with Crippen LogP contribution in [0.5, 0.6) is 11.5 Å². The summed E-state index contributed by atoms with van der Waals surface area (Å²) in [4.78, 5) is 14.4. The van der Waals surface area contributed by atoms with Crippen LogP contribution in [0.3, 0.4) is 0 Å². The molecule has 0 N–H and O–H groups in total. The standard InChI is InChI=1S/C17H17NO5/c1-17(2)22-15-10(6-12(19)16(15)23-17)18-7-11(18)9-3-4-13-14(5-9)21-8-20-13/h3-5,11,16H,6-8H2,1-2H3/t11-,16-,18?/m1/s1. The Morgan fingerprint density at radius 3 is 2.91 bits per heavy atom. The molecule has 0 bridgehead atoms. The van der Waals surface area contributed by atoms with E-state index in [4.69, 9.17) is 18.9 Å². The van der Waals surface area contributed by atoms with E-state index in [1.165, 1.54) is 0 Å². The van der Waals surface area contributed by atoms with Crippen molar-refractivity contribution in [2.45, 2.75) is 38.2 Å². The first-order valence-electron chi connectivity index (χ1n) is 7.81. The Morgan fingerprint density at radius 1 is 1.22 bits per heavy atom. The van der Waals surface area contributed by atoms with E-state index < -0.39 is 11.9 Å². The van der Waals surface area contributed by atoms with Gasteiger partial charge in [0.2, 0.25) is 12.6 Å². The average molecular weight is 315 g/mol. The minimum Gasteiger partial charge on any atom is -0.462 e. The molecule has 23 heavy (non-hydrogen) atoms. The van der Waals surface area contributed by atoms with Gasteiger partial charge in [-0.05, 0) is 17.7 Å². The number of carbonyl (C=O) groups excluding carboxylic acids is 1. The number of carbonyl (C=O) groups is 1. The van der Waals surface area contributed by atoms with E-state index in [1.807, 2.05) is 32.0 Å². The summed E-state index contributed by atoms with van der Waals surface area (Å²) in [5.41, 5.74) is 2.13. The molecule has 6 nitrogen and oxygen atoms in total. The van der Waals surface area contributed by atoms with E-state index in [-0.39, 0.29) is 18.6 Å². The molecule has 0 radical (unpaired) electrons. The molecule has 1 aromatic rings. The summed E-state index contributed by atoms with van der Waals surface area (Å²) < 4.78 is 22.4. The number of hydrogen-bond donors (Lipinski definition) is 0. The normalized spacial score (nSPS) is 29.8. The van der Waals surface area contributed by atoms with Crippen molar-refractivity contribution in [2.75, 3.05) is 13.3 Å². The molecule has 1 aromatic carbocycles. The number of allylic oxidation sites excluding steroid dienone is 1. The highest BCUT2D eigenvalue weighted by Crippen LogP contribution is 2.49. The Balaban J connectivity index is 1.42. The van der Waals surface area contributed by atoms with Crippen LogP contribution in [-0.2, 0) is 14.3 Å². The van der Waals surface area contributed by atoms with Crippen molar-refractivity contribution in [1.29, 1.82) is 0 Å². The van der Waals surface area contributed by atoms with Gasteiger partial charge in [-0.2, -0.15) is 0 Å². The lowest BCUT2D eigenvalue weighted by molar-refractivity contribution is -0.151. The molecule has 0 aromatic heterocycles. The number of rotatable bonds is 2. The van der Waals surface area contributed by atoms with Crippen molar-refractivity contribution in [3.05, 3.63) is 35.2 Å². The molecule has 1 aliphatic carbocycles. The van der Waals surface area contributed by atoms with Crippen molar-refractivity contribution in [1.82, 2.24) is 4.90 Å². The molecule has 6 heteroatoms. The second-order valence-electron chi connectivity index (χ2n) is 6.73. The molecule has 0 spiro atoms. The molecule has 5 rings (SSSR count). The molecule has 2 fully saturated rings. The predicted molar refractivity (Wildman–Crippen MR) is 78.7 cm³/mol. The predicted octanol–water partition coefficient (Wildman–Crippen LogP) is 2.11. The van der Waals surface area contributed by atoms with Crippen LogP contribution in [0.15, 0.2) is 29.7 Å². The Hall–Kier alpha value is -2.21. The van der Waals surface area contributed by atoms with E-state index in [0.29, 0.717) is 12.2 Å². The number of Topliss-reactive ketones (excluding diaryl/α,β-unsaturated/α-hetero) is 1. The minimum atomic E-state index is -0.731. The lowest BCUT2D eigenvalue weighted by Gasteiger charge is -2.18. The van der Waals surface area contributed by atoms with Crippen LogP contribution < -0.4 is 9.47 Å². The first-order valence-corrected chi connectivity index (χ1v) is 7.81. The summed E-state index contributed by atoms with van der Waals surface area (Å²) >= 11 is 0. The van der Waals surface area contributed by atoms with Crippen LogP contribution >= 0.6 is 0 Å². The second-order valence-corrected chi connectivity index (χ2v) is 6.73. The van der Waals surface area contributed by atoms with Gasteiger partial charge in [0.1, 0.15) is 0 Å². The molecule has 2 saturated heterocycles. The van der Waals surface area contributed by atoms with E-state index >= 15 is 0 Å². The SMILES string of the molecule is CC1(C)OC2=C(N3C[C@@H]3c3ccc4c(c3)OCO4)CC(=O)[C@H]2O1. The number of fused-ring (bicyclic) bond motifs is 2. The fraction of sp³-hybridized carbons (Fsp3) is 0.471. The first kappa shape index (κ1) is 13.2. The summed E-state index contributed by atoms with van der Waals surface area (Å²) in [6, 6.07) is 6.26. The smallest absolute Gasteiger partial charge is 0.231 e. The zero-order valence-electron chi connectivity index (χ0n) is 13.0. The van der Waals surface area contributed by atoms with E-state index in [1.54, 1.807) is 0 Å². The fourth-order valence-corrected chi connectivity index (χ4v) is 3.53. The molecular weight excluding hydrogens is 298 g/mol. The summed E-state index contributed by atoms with van der Waals surface area (Å²) in [6.45, 7) is 4.82. The second kappa shape index (κ2) is 4.20. The molecule has 0 saturated carbocycles. The molecule has 3 aliphatic heterocycles. The zero-order chi connectivity index (χ0) is 15.8. The van der Waals surface area contributed by atoms with Crippen molar-refractivity contribution in [3.63, 3.8) is 0 Å². The largest absolute Gasteiger partial charge is 0.462 e. The van der Waals surface area contributed by atoms with Gasteiger partial charge in [0.15, 0.2) is 29.1 Å². The molecule has 0 unspecified atom stereocenters. The number of hydrogen-bond acceptors (Lipinski definition) is 6. The summed E-state index contributed by atoms with van der Waals surface area (Å²) in [5.74, 6) is 1.62. The van der Waals surface area contributed by atoms with Gasteiger partial charge in [-0.3, -0.25) is 4.79 Å². The summed E-state index contributed by atoms with van der Waals surface area (Å²) in [5, 5.41) is 0. The Morgan fingerprint density at radius 2 is 2.04 bits per heavy atom. The van der Waals surface area contributed by atoms with Crippen molar-refractivity contribution in [3.8, 4) is 11.5 Å². The highest BCUT2D eigenvalue weighted by atomic mass is 16.7. The molecule has 3 heterocycles. The third kappa shape index (κ3) is 1.94. The van der Waals surface area contributed by atoms with Crippen molar-refractivity contribution < 1.29 is 23.7 Å². The maximum atomic E-state index is 12.2. The summed E-state index contributed by atoms with van der Waals surface area (Å²) in [7, 11) is 0. The number of benzene rings is 1. The van der Waals surface area contributed by atoms with Gasteiger partial charge in [0, 0.05) is 20.4 Å². The van der Waals surface area contributed by atoms with Crippen molar-refractivity contribution in [2.24, 2.45) is 0 Å². The van der Waals surface area contributed by atoms with Crippen LogP contribution in [0, 0.1) is 0 Å². The van der Waals surface area contributed by atoms with E-state index in [9.17, 15) is 4.79 Å². The maximum Gasteiger partial charge on any atom is 0.231 e. The molecule has 2 atom stereocenters. The third-order valence-electron chi connectivity index (χ3n) is 4.65. The average Bonchev–Trinajstić information content (AvgIpc) is 2.88. The van der Waals surface area contributed by atoms with Gasteiger partial charge in [-0.15, -0.1) is 0 Å². The zero-order valence-corrected chi connectivity index (χ0v) is 13.0. The molecule has 4 aliphatic rings. The summed E-state index contributed by atoms with van der Waals surface area (Å²) in [6.07, 6.45) is -0.144. The van der Waals surface area contributed by atoms with E-state index in [2.05, 4.69) is 4.90 Å². The molecule has 120 valence electrons. The minimum absolute atomic E-state index is 0.0805. The molecule has 0 amide bonds. The highest BCUT2D eigenvalue weighted by Gasteiger charge is 2.52. The van der Waals surface area contributed by atoms with Gasteiger partial charge in [0.25, 0.3) is 0 Å². The van der Waals surface area contributed by atoms with Crippen LogP contribution in [0.1, 0.15) is 31.9 Å². The topological polar surface area (TPSA) is 57.0 Å². The van der Waals surface area contributed by atoms with Gasteiger partial charge in [-0.25, -0.2) is 0 Å². The first-order chi connectivity index (χ1) is 11.0. The van der Waals surface area contributed by atoms with Gasteiger partial charge in [-0.1, -0.05) is 6.07 Å². The van der Waals surface area contributed by atoms with Gasteiger partial charge in [0.05, 0.1) is 18.2 Å². The van der Waals surface area contributed by atoms with Crippen LogP contribution in [0.2, 0.25) is 0 Å².